The van der Waals surface area contributed by atoms with Gasteiger partial charge in [-0.2, -0.15) is 5.26 Å². The first-order chi connectivity index (χ1) is 10.6. The SMILES string of the molecule is Cc1nnc(SCC(=O)N(CCC#N)c2cccc(Cl)c2)s1. The van der Waals surface area contributed by atoms with Gasteiger partial charge in [0.2, 0.25) is 5.91 Å². The monoisotopic (exact) mass is 352 g/mol. The maximum Gasteiger partial charge on any atom is 0.237 e. The lowest BCUT2D eigenvalue weighted by atomic mass is 10.2. The molecule has 0 bridgehead atoms. The number of benzene rings is 1. The number of halogens is 1. The zero-order valence-corrected chi connectivity index (χ0v) is 14.2. The minimum atomic E-state index is -0.0876. The van der Waals surface area contributed by atoms with Crippen LogP contribution in [0.2, 0.25) is 5.02 Å². The van der Waals surface area contributed by atoms with Crippen molar-refractivity contribution in [3.63, 3.8) is 0 Å². The molecule has 8 heteroatoms. The summed E-state index contributed by atoms with van der Waals surface area (Å²) in [6.45, 7) is 2.21. The van der Waals surface area contributed by atoms with E-state index in [-0.39, 0.29) is 18.1 Å². The summed E-state index contributed by atoms with van der Waals surface area (Å²) in [5, 5.41) is 18.1. The van der Waals surface area contributed by atoms with Crippen molar-refractivity contribution in [1.82, 2.24) is 10.2 Å². The van der Waals surface area contributed by atoms with Crippen LogP contribution in [0.15, 0.2) is 28.6 Å². The van der Waals surface area contributed by atoms with Crippen LogP contribution in [0.3, 0.4) is 0 Å². The molecule has 2 rings (SSSR count). The third-order valence-electron chi connectivity index (χ3n) is 2.69. The van der Waals surface area contributed by atoms with Gasteiger partial charge in [-0.25, -0.2) is 0 Å². The van der Waals surface area contributed by atoms with Gasteiger partial charge in [0.05, 0.1) is 18.2 Å². The molecule has 0 saturated carbocycles. The lowest BCUT2D eigenvalue weighted by Crippen LogP contribution is -2.33. The molecule has 0 unspecified atom stereocenters. The van der Waals surface area contributed by atoms with E-state index < -0.39 is 0 Å². The summed E-state index contributed by atoms with van der Waals surface area (Å²) in [4.78, 5) is 14.0. The van der Waals surface area contributed by atoms with Gasteiger partial charge in [-0.1, -0.05) is 40.8 Å². The number of anilines is 1. The van der Waals surface area contributed by atoms with Gasteiger partial charge in [0, 0.05) is 17.3 Å². The van der Waals surface area contributed by atoms with Gasteiger partial charge in [0.25, 0.3) is 0 Å². The Morgan fingerprint density at radius 3 is 2.95 bits per heavy atom. The van der Waals surface area contributed by atoms with Crippen molar-refractivity contribution >= 4 is 46.3 Å². The molecule has 0 aliphatic rings. The van der Waals surface area contributed by atoms with Gasteiger partial charge in [0.15, 0.2) is 4.34 Å². The Balaban J connectivity index is 2.07. The van der Waals surface area contributed by atoms with Crippen molar-refractivity contribution in [1.29, 1.82) is 5.26 Å². The molecule has 22 heavy (non-hydrogen) atoms. The van der Waals surface area contributed by atoms with Gasteiger partial charge in [-0.3, -0.25) is 4.79 Å². The highest BCUT2D eigenvalue weighted by atomic mass is 35.5. The van der Waals surface area contributed by atoms with E-state index in [1.54, 1.807) is 29.2 Å². The molecular weight excluding hydrogens is 340 g/mol. The van der Waals surface area contributed by atoms with Crippen LogP contribution >= 0.6 is 34.7 Å². The molecule has 0 atom stereocenters. The summed E-state index contributed by atoms with van der Waals surface area (Å²) in [7, 11) is 0. The van der Waals surface area contributed by atoms with Crippen molar-refractivity contribution in [3.05, 3.63) is 34.3 Å². The normalized spacial score (nSPS) is 10.2. The predicted octanol–water partition coefficient (Wildman–Crippen LogP) is 3.54. The average molecular weight is 353 g/mol. The van der Waals surface area contributed by atoms with E-state index in [1.165, 1.54) is 23.1 Å². The fourth-order valence-electron chi connectivity index (χ4n) is 1.74. The van der Waals surface area contributed by atoms with Crippen molar-refractivity contribution in [2.75, 3.05) is 17.2 Å². The molecule has 0 N–H and O–H groups in total. The molecule has 114 valence electrons. The van der Waals surface area contributed by atoms with E-state index in [4.69, 9.17) is 16.9 Å². The summed E-state index contributed by atoms with van der Waals surface area (Å²) in [5.41, 5.74) is 0.696. The number of nitrogens with zero attached hydrogens (tertiary/aromatic N) is 4. The van der Waals surface area contributed by atoms with E-state index in [0.717, 1.165) is 9.35 Å². The van der Waals surface area contributed by atoms with Crippen LogP contribution in [0, 0.1) is 18.3 Å². The second-order valence-corrected chi connectivity index (χ2v) is 7.15. The Labute approximate surface area is 141 Å². The highest BCUT2D eigenvalue weighted by Gasteiger charge is 2.17. The number of carbonyl (C=O) groups is 1. The van der Waals surface area contributed by atoms with Gasteiger partial charge in [-0.15, -0.1) is 10.2 Å². The summed E-state index contributed by atoms with van der Waals surface area (Å²) >= 11 is 8.78. The van der Waals surface area contributed by atoms with Crippen molar-refractivity contribution in [2.24, 2.45) is 0 Å². The number of hydrogen-bond acceptors (Lipinski definition) is 6. The Kier molecular flexibility index (Phi) is 6.19. The third kappa shape index (κ3) is 4.70. The van der Waals surface area contributed by atoms with Crippen molar-refractivity contribution < 1.29 is 4.79 Å². The maximum atomic E-state index is 12.5. The molecule has 0 aliphatic heterocycles. The first-order valence-corrected chi connectivity index (χ1v) is 8.64. The number of rotatable bonds is 6. The number of nitriles is 1. The molecule has 0 aliphatic carbocycles. The van der Waals surface area contributed by atoms with Crippen LogP contribution in [0.5, 0.6) is 0 Å². The van der Waals surface area contributed by atoms with Crippen molar-refractivity contribution in [2.45, 2.75) is 17.7 Å². The van der Waals surface area contributed by atoms with Crippen LogP contribution in [0.4, 0.5) is 5.69 Å². The first-order valence-electron chi connectivity index (χ1n) is 6.46. The fraction of sp³-hybridized carbons (Fsp3) is 0.286. The molecule has 1 aromatic carbocycles. The molecule has 2 aromatic rings. The number of amides is 1. The number of carbonyl (C=O) groups excluding carboxylic acids is 1. The van der Waals surface area contributed by atoms with E-state index >= 15 is 0 Å². The van der Waals surface area contributed by atoms with Crippen LogP contribution in [-0.4, -0.2) is 28.4 Å². The summed E-state index contributed by atoms with van der Waals surface area (Å²) in [6.07, 6.45) is 0.265. The summed E-state index contributed by atoms with van der Waals surface area (Å²) in [6, 6.07) is 9.12. The van der Waals surface area contributed by atoms with Crippen LogP contribution in [0.25, 0.3) is 0 Å². The Bertz CT molecular complexity index is 698. The Hall–Kier alpha value is -1.62. The van der Waals surface area contributed by atoms with Crippen molar-refractivity contribution in [3.8, 4) is 6.07 Å². The zero-order valence-electron chi connectivity index (χ0n) is 11.8. The molecule has 0 radical (unpaired) electrons. The third-order valence-corrected chi connectivity index (χ3v) is 4.89. The first kappa shape index (κ1) is 16.7. The summed E-state index contributed by atoms with van der Waals surface area (Å²) in [5.74, 6) is 0.155. The Morgan fingerprint density at radius 2 is 2.32 bits per heavy atom. The number of aryl methyl sites for hydroxylation is 1. The topological polar surface area (TPSA) is 69.9 Å². The van der Waals surface area contributed by atoms with Crippen LogP contribution in [-0.2, 0) is 4.79 Å². The highest BCUT2D eigenvalue weighted by molar-refractivity contribution is 8.01. The second-order valence-electron chi connectivity index (χ2n) is 4.31. The quantitative estimate of drug-likeness (QED) is 0.743. The predicted molar refractivity (Wildman–Crippen MR) is 89.4 cm³/mol. The van der Waals surface area contributed by atoms with E-state index in [9.17, 15) is 4.79 Å². The molecule has 0 saturated heterocycles. The largest absolute Gasteiger partial charge is 0.311 e. The van der Waals surface area contributed by atoms with Crippen LogP contribution in [0.1, 0.15) is 11.4 Å². The van der Waals surface area contributed by atoms with Gasteiger partial charge in [-0.05, 0) is 25.1 Å². The van der Waals surface area contributed by atoms with Gasteiger partial charge < -0.3 is 4.90 Å². The van der Waals surface area contributed by atoms with E-state index in [0.29, 0.717) is 17.3 Å². The molecule has 1 amide bonds. The standard InChI is InChI=1S/C14H13ClN4OS2/c1-10-17-18-14(22-10)21-9-13(20)19(7-3-6-16)12-5-2-4-11(15)8-12/h2,4-5,8H,3,7,9H2,1H3. The maximum absolute atomic E-state index is 12.5. The summed E-state index contributed by atoms with van der Waals surface area (Å²) < 4.78 is 0.761. The van der Waals surface area contributed by atoms with Crippen LogP contribution < -0.4 is 4.90 Å². The molecular formula is C14H13ClN4OS2. The highest BCUT2D eigenvalue weighted by Crippen LogP contribution is 2.24. The minimum Gasteiger partial charge on any atom is -0.311 e. The lowest BCUT2D eigenvalue weighted by Gasteiger charge is -2.21. The average Bonchev–Trinajstić information content (AvgIpc) is 2.91. The minimum absolute atomic E-state index is 0.0876. The smallest absolute Gasteiger partial charge is 0.237 e. The number of thioether (sulfide) groups is 1. The van der Waals surface area contributed by atoms with E-state index in [1.807, 2.05) is 6.92 Å². The van der Waals surface area contributed by atoms with Gasteiger partial charge >= 0.3 is 0 Å². The van der Waals surface area contributed by atoms with Gasteiger partial charge in [0.1, 0.15) is 5.01 Å². The molecule has 5 nitrogen and oxygen atoms in total. The second kappa shape index (κ2) is 8.13. The fourth-order valence-corrected chi connectivity index (χ4v) is 3.62. The number of hydrogen-bond donors (Lipinski definition) is 0. The van der Waals surface area contributed by atoms with E-state index in [2.05, 4.69) is 16.3 Å². The Morgan fingerprint density at radius 1 is 1.50 bits per heavy atom. The zero-order chi connectivity index (χ0) is 15.9. The molecule has 0 fully saturated rings. The molecule has 1 heterocycles. The lowest BCUT2D eigenvalue weighted by molar-refractivity contribution is -0.116. The molecule has 0 spiro atoms. The number of aromatic nitrogens is 2. The molecule has 1 aromatic heterocycles.